The summed E-state index contributed by atoms with van der Waals surface area (Å²) in [6.45, 7) is 3.10. The first-order chi connectivity index (χ1) is 10.2. The van der Waals surface area contributed by atoms with Crippen molar-refractivity contribution in [1.29, 1.82) is 0 Å². The molecule has 0 radical (unpaired) electrons. The summed E-state index contributed by atoms with van der Waals surface area (Å²) in [4.78, 5) is 12.7. The molecule has 1 aliphatic rings. The molecule has 2 aromatic carbocycles. The number of carbonyl (C=O) groups is 1. The van der Waals surface area contributed by atoms with E-state index in [9.17, 15) is 4.79 Å². The molecule has 21 heavy (non-hydrogen) atoms. The maximum absolute atomic E-state index is 12.7. The number of ether oxygens (including phenoxy) is 2. The molecule has 0 bridgehead atoms. The zero-order valence-electron chi connectivity index (χ0n) is 11.7. The van der Waals surface area contributed by atoms with Gasteiger partial charge in [-0.15, -0.1) is 0 Å². The molecular weight excluding hydrogens is 332 g/mol. The Morgan fingerprint density at radius 1 is 1.10 bits per heavy atom. The maximum atomic E-state index is 12.7. The number of halogens is 1. The molecule has 0 saturated heterocycles. The Bertz CT molecular complexity index is 677. The Morgan fingerprint density at radius 3 is 2.33 bits per heavy atom. The molecule has 0 spiro atoms. The minimum Gasteiger partial charge on any atom is -0.486 e. The van der Waals surface area contributed by atoms with Crippen LogP contribution in [-0.4, -0.2) is 19.0 Å². The molecule has 0 atom stereocenters. The molecule has 0 N–H and O–H groups in total. The highest BCUT2D eigenvalue weighted by molar-refractivity contribution is 9.10. The molecule has 0 fully saturated rings. The van der Waals surface area contributed by atoms with Gasteiger partial charge in [0.1, 0.15) is 13.2 Å². The van der Waals surface area contributed by atoms with Crippen molar-refractivity contribution in [3.63, 3.8) is 0 Å². The highest BCUT2D eigenvalue weighted by atomic mass is 79.9. The van der Waals surface area contributed by atoms with E-state index < -0.39 is 0 Å². The van der Waals surface area contributed by atoms with Gasteiger partial charge < -0.3 is 9.47 Å². The van der Waals surface area contributed by atoms with Crippen LogP contribution in [0.3, 0.4) is 0 Å². The molecule has 0 unspecified atom stereocenters. The summed E-state index contributed by atoms with van der Waals surface area (Å²) in [5, 5.41) is 0. The molecule has 3 nitrogen and oxygen atoms in total. The fourth-order valence-corrected chi connectivity index (χ4v) is 2.66. The fourth-order valence-electron chi connectivity index (χ4n) is 2.39. The van der Waals surface area contributed by atoms with Gasteiger partial charge in [0.2, 0.25) is 0 Å². The van der Waals surface area contributed by atoms with Crippen LogP contribution in [0.5, 0.6) is 11.5 Å². The predicted molar refractivity (Wildman–Crippen MR) is 84.4 cm³/mol. The van der Waals surface area contributed by atoms with Gasteiger partial charge in [-0.3, -0.25) is 4.79 Å². The monoisotopic (exact) mass is 346 g/mol. The summed E-state index contributed by atoms with van der Waals surface area (Å²) < 4.78 is 12.1. The van der Waals surface area contributed by atoms with Crippen LogP contribution in [0.4, 0.5) is 0 Å². The van der Waals surface area contributed by atoms with Crippen LogP contribution in [0, 0.1) is 0 Å². The van der Waals surface area contributed by atoms with E-state index in [1.165, 1.54) is 0 Å². The first kappa shape index (κ1) is 14.1. The zero-order chi connectivity index (χ0) is 14.8. The lowest BCUT2D eigenvalue weighted by atomic mass is 9.96. The Labute approximate surface area is 132 Å². The summed E-state index contributed by atoms with van der Waals surface area (Å²) in [7, 11) is 0. The van der Waals surface area contributed by atoms with E-state index in [1.807, 2.05) is 37.3 Å². The minimum absolute atomic E-state index is 0.0105. The molecule has 0 aromatic heterocycles. The van der Waals surface area contributed by atoms with E-state index in [-0.39, 0.29) is 5.78 Å². The highest BCUT2D eigenvalue weighted by Gasteiger charge is 2.19. The molecule has 0 saturated carbocycles. The van der Waals surface area contributed by atoms with E-state index in [2.05, 4.69) is 15.9 Å². The van der Waals surface area contributed by atoms with Gasteiger partial charge in [-0.05, 0) is 48.4 Å². The van der Waals surface area contributed by atoms with Crippen LogP contribution in [0.25, 0.3) is 0 Å². The lowest BCUT2D eigenvalue weighted by Crippen LogP contribution is -2.17. The largest absolute Gasteiger partial charge is 0.486 e. The van der Waals surface area contributed by atoms with Gasteiger partial charge in [0, 0.05) is 15.6 Å². The third-order valence-corrected chi connectivity index (χ3v) is 4.03. The topological polar surface area (TPSA) is 35.5 Å². The van der Waals surface area contributed by atoms with Gasteiger partial charge in [-0.25, -0.2) is 0 Å². The average Bonchev–Trinajstić information content (AvgIpc) is 2.53. The number of aryl methyl sites for hydroxylation is 1. The van der Waals surface area contributed by atoms with Crippen LogP contribution >= 0.6 is 15.9 Å². The lowest BCUT2D eigenvalue weighted by Gasteiger charge is -2.20. The number of benzene rings is 2. The molecule has 4 heteroatoms. The van der Waals surface area contributed by atoms with Gasteiger partial charge in [0.05, 0.1) is 0 Å². The van der Waals surface area contributed by atoms with Crippen molar-refractivity contribution in [2.24, 2.45) is 0 Å². The lowest BCUT2D eigenvalue weighted by molar-refractivity contribution is 0.103. The van der Waals surface area contributed by atoms with Crippen molar-refractivity contribution < 1.29 is 14.3 Å². The van der Waals surface area contributed by atoms with Crippen molar-refractivity contribution >= 4 is 21.7 Å². The number of carbonyl (C=O) groups excluding carboxylic acids is 1. The number of hydrogen-bond acceptors (Lipinski definition) is 3. The summed E-state index contributed by atoms with van der Waals surface area (Å²) in [5.41, 5.74) is 2.33. The quantitative estimate of drug-likeness (QED) is 0.787. The van der Waals surface area contributed by atoms with E-state index in [0.717, 1.165) is 22.2 Å². The maximum Gasteiger partial charge on any atom is 0.193 e. The average molecular weight is 347 g/mol. The van der Waals surface area contributed by atoms with Gasteiger partial charge in [0.15, 0.2) is 17.3 Å². The third kappa shape index (κ3) is 2.81. The number of hydrogen-bond donors (Lipinski definition) is 0. The summed E-state index contributed by atoms with van der Waals surface area (Å²) in [6, 6.07) is 11.1. The summed E-state index contributed by atoms with van der Waals surface area (Å²) in [5.74, 6) is 1.39. The van der Waals surface area contributed by atoms with E-state index in [4.69, 9.17) is 9.47 Å². The Morgan fingerprint density at radius 2 is 1.71 bits per heavy atom. The molecule has 3 rings (SSSR count). The van der Waals surface area contributed by atoms with Crippen LogP contribution in [0.1, 0.15) is 28.4 Å². The van der Waals surface area contributed by atoms with Crippen LogP contribution in [-0.2, 0) is 6.42 Å². The van der Waals surface area contributed by atoms with Crippen molar-refractivity contribution in [2.45, 2.75) is 13.3 Å². The Hall–Kier alpha value is -1.81. The van der Waals surface area contributed by atoms with Gasteiger partial charge in [0.25, 0.3) is 0 Å². The predicted octanol–water partition coefficient (Wildman–Crippen LogP) is 4.01. The van der Waals surface area contributed by atoms with Gasteiger partial charge >= 0.3 is 0 Å². The highest BCUT2D eigenvalue weighted by Crippen LogP contribution is 2.34. The smallest absolute Gasteiger partial charge is 0.193 e. The van der Waals surface area contributed by atoms with Crippen LogP contribution < -0.4 is 9.47 Å². The first-order valence-corrected chi connectivity index (χ1v) is 7.71. The molecule has 1 aliphatic heterocycles. The van der Waals surface area contributed by atoms with Crippen molar-refractivity contribution in [2.75, 3.05) is 13.2 Å². The second-order valence-electron chi connectivity index (χ2n) is 4.84. The normalized spacial score (nSPS) is 13.0. The second-order valence-corrected chi connectivity index (χ2v) is 5.76. The molecule has 2 aromatic rings. The summed E-state index contributed by atoms with van der Waals surface area (Å²) in [6.07, 6.45) is 0.772. The minimum atomic E-state index is 0.0105. The summed E-state index contributed by atoms with van der Waals surface area (Å²) >= 11 is 3.38. The first-order valence-electron chi connectivity index (χ1n) is 6.92. The van der Waals surface area contributed by atoms with Crippen LogP contribution in [0.2, 0.25) is 0 Å². The Balaban J connectivity index is 2.04. The molecule has 1 heterocycles. The van der Waals surface area contributed by atoms with Crippen LogP contribution in [0.15, 0.2) is 40.9 Å². The number of ketones is 1. The zero-order valence-corrected chi connectivity index (χ0v) is 13.3. The van der Waals surface area contributed by atoms with E-state index in [0.29, 0.717) is 30.1 Å². The second kappa shape index (κ2) is 5.90. The number of rotatable bonds is 3. The number of fused-ring (bicyclic) bond motifs is 1. The standard InChI is InChI=1S/C17H15BrO3/c1-2-11-9-15-16(21-8-7-20-15)10-14(11)17(19)12-3-5-13(18)6-4-12/h3-6,9-10H,2,7-8H2,1H3. The molecular formula is C17H15BrO3. The molecule has 0 aliphatic carbocycles. The van der Waals surface area contributed by atoms with E-state index in [1.54, 1.807) is 6.07 Å². The molecule has 0 amide bonds. The van der Waals surface area contributed by atoms with Gasteiger partial charge in [-0.2, -0.15) is 0 Å². The Kier molecular flexibility index (Phi) is 3.97. The SMILES string of the molecule is CCc1cc2c(cc1C(=O)c1ccc(Br)cc1)OCCO2. The third-order valence-electron chi connectivity index (χ3n) is 3.50. The van der Waals surface area contributed by atoms with Crippen molar-refractivity contribution in [3.05, 3.63) is 57.6 Å². The van der Waals surface area contributed by atoms with Gasteiger partial charge in [-0.1, -0.05) is 22.9 Å². The fraction of sp³-hybridized carbons (Fsp3) is 0.235. The van der Waals surface area contributed by atoms with Crippen molar-refractivity contribution in [3.8, 4) is 11.5 Å². The molecule has 108 valence electrons. The van der Waals surface area contributed by atoms with Crippen molar-refractivity contribution in [1.82, 2.24) is 0 Å². The van der Waals surface area contributed by atoms with E-state index >= 15 is 0 Å².